The summed E-state index contributed by atoms with van der Waals surface area (Å²) in [6.07, 6.45) is 3.06. The lowest BCUT2D eigenvalue weighted by Crippen LogP contribution is -2.38. The van der Waals surface area contributed by atoms with Crippen LogP contribution in [0.2, 0.25) is 0 Å². The number of hydrogen-bond acceptors (Lipinski definition) is 6. The van der Waals surface area contributed by atoms with E-state index in [0.717, 1.165) is 28.2 Å². The molecule has 0 saturated heterocycles. The molecule has 1 atom stereocenters. The number of fused-ring (bicyclic) bond motifs is 1. The van der Waals surface area contributed by atoms with Crippen molar-refractivity contribution in [3.05, 3.63) is 59.8 Å². The quantitative estimate of drug-likeness (QED) is 0.452. The van der Waals surface area contributed by atoms with Crippen molar-refractivity contribution in [1.29, 1.82) is 21.5 Å². The zero-order valence-corrected chi connectivity index (χ0v) is 17.3. The van der Waals surface area contributed by atoms with E-state index in [0.29, 0.717) is 17.9 Å². The van der Waals surface area contributed by atoms with Gasteiger partial charge in [0.25, 0.3) is 0 Å². The molecule has 0 aromatic heterocycles. The molecule has 152 valence electrons. The maximum atomic E-state index is 9.13. The van der Waals surface area contributed by atoms with Gasteiger partial charge in [-0.2, -0.15) is 5.26 Å². The van der Waals surface area contributed by atoms with Crippen molar-refractivity contribution in [2.75, 3.05) is 23.4 Å². The highest BCUT2D eigenvalue weighted by molar-refractivity contribution is 6.20. The molecular weight excluding hydrogens is 374 g/mol. The summed E-state index contributed by atoms with van der Waals surface area (Å²) >= 11 is 0. The average molecular weight is 400 g/mol. The number of anilines is 3. The molecule has 30 heavy (non-hydrogen) atoms. The minimum atomic E-state index is -0.119. The van der Waals surface area contributed by atoms with Gasteiger partial charge in [0.05, 0.1) is 23.0 Å². The average Bonchev–Trinajstić information content (AvgIpc) is 2.86. The molecule has 0 radical (unpaired) electrons. The zero-order valence-electron chi connectivity index (χ0n) is 17.3. The number of nitrogens with one attached hydrogen (secondary N) is 4. The lowest BCUT2D eigenvalue weighted by molar-refractivity contribution is 0.757. The smallest absolute Gasteiger partial charge is 0.111 e. The van der Waals surface area contributed by atoms with Crippen molar-refractivity contribution in [1.82, 2.24) is 5.32 Å². The van der Waals surface area contributed by atoms with E-state index in [2.05, 4.69) is 16.3 Å². The Morgan fingerprint density at radius 3 is 2.47 bits per heavy atom. The van der Waals surface area contributed by atoms with E-state index < -0.39 is 0 Å². The number of hydrogen-bond donors (Lipinski definition) is 4. The van der Waals surface area contributed by atoms with Crippen LogP contribution in [0.5, 0.6) is 0 Å². The fourth-order valence-electron chi connectivity index (χ4n) is 3.60. The Kier molecular flexibility index (Phi) is 5.98. The van der Waals surface area contributed by atoms with Gasteiger partial charge in [0.2, 0.25) is 0 Å². The summed E-state index contributed by atoms with van der Waals surface area (Å²) in [7, 11) is 1.79. The third-order valence-electron chi connectivity index (χ3n) is 5.10. The van der Waals surface area contributed by atoms with E-state index in [-0.39, 0.29) is 11.8 Å². The number of allylic oxidation sites excluding steroid dienone is 1. The van der Waals surface area contributed by atoms with Gasteiger partial charge in [-0.05, 0) is 48.9 Å². The molecule has 7 heteroatoms. The first kappa shape index (κ1) is 20.8. The van der Waals surface area contributed by atoms with Crippen molar-refractivity contribution in [2.45, 2.75) is 13.8 Å². The van der Waals surface area contributed by atoms with Crippen LogP contribution in [0.3, 0.4) is 0 Å². The molecular formula is C23H25N7. The van der Waals surface area contributed by atoms with Crippen LogP contribution >= 0.6 is 0 Å². The van der Waals surface area contributed by atoms with Crippen LogP contribution < -0.4 is 15.1 Å². The van der Waals surface area contributed by atoms with E-state index in [9.17, 15) is 0 Å². The van der Waals surface area contributed by atoms with Crippen LogP contribution in [0.1, 0.15) is 25.0 Å². The molecule has 1 unspecified atom stereocenters. The zero-order chi connectivity index (χ0) is 21.8. The maximum absolute atomic E-state index is 9.13. The predicted octanol–water partition coefficient (Wildman–Crippen LogP) is 4.34. The van der Waals surface area contributed by atoms with E-state index in [1.807, 2.05) is 37.3 Å². The summed E-state index contributed by atoms with van der Waals surface area (Å²) in [6, 6.07) is 15.3. The second-order valence-electron chi connectivity index (χ2n) is 7.21. The van der Waals surface area contributed by atoms with Crippen LogP contribution in [-0.4, -0.2) is 31.5 Å². The molecule has 0 saturated carbocycles. The summed E-state index contributed by atoms with van der Waals surface area (Å²) in [5, 5.41) is 36.8. The van der Waals surface area contributed by atoms with Gasteiger partial charge in [0, 0.05) is 43.2 Å². The molecule has 0 bridgehead atoms. The number of benzene rings is 2. The SMILES string of the molecule is CN/C=C(\C=N)c1ccc2c(c1)N(c1ccc(C#N)cc1)CC(C)C(=N)N2C(C)=N. The van der Waals surface area contributed by atoms with Crippen LogP contribution in [0.15, 0.2) is 48.7 Å². The largest absolute Gasteiger partial charge is 0.393 e. The number of rotatable bonds is 4. The Bertz CT molecular complexity index is 1060. The molecule has 2 aromatic carbocycles. The molecule has 0 aliphatic carbocycles. The van der Waals surface area contributed by atoms with E-state index in [1.54, 1.807) is 37.2 Å². The Morgan fingerprint density at radius 2 is 1.90 bits per heavy atom. The topological polar surface area (TPSA) is 114 Å². The van der Waals surface area contributed by atoms with E-state index >= 15 is 0 Å². The Hall–Kier alpha value is -3.92. The molecule has 7 nitrogen and oxygen atoms in total. The summed E-state index contributed by atoms with van der Waals surface area (Å²) in [5.74, 6) is 0.526. The van der Waals surface area contributed by atoms with Crippen molar-refractivity contribution in [2.24, 2.45) is 5.92 Å². The summed E-state index contributed by atoms with van der Waals surface area (Å²) in [5.41, 5.74) is 4.68. The second-order valence-corrected chi connectivity index (χ2v) is 7.21. The molecule has 1 aliphatic rings. The monoisotopic (exact) mass is 399 g/mol. The Labute approximate surface area is 176 Å². The van der Waals surface area contributed by atoms with E-state index in [4.69, 9.17) is 21.5 Å². The van der Waals surface area contributed by atoms with Gasteiger partial charge in [0.15, 0.2) is 0 Å². The normalized spacial score (nSPS) is 16.4. The highest BCUT2D eigenvalue weighted by Crippen LogP contribution is 2.40. The molecule has 0 amide bonds. The van der Waals surface area contributed by atoms with Gasteiger partial charge in [-0.25, -0.2) is 0 Å². The van der Waals surface area contributed by atoms with Crippen molar-refractivity contribution in [3.8, 4) is 6.07 Å². The van der Waals surface area contributed by atoms with Gasteiger partial charge < -0.3 is 15.6 Å². The molecule has 2 aromatic rings. The van der Waals surface area contributed by atoms with Gasteiger partial charge in [-0.1, -0.05) is 13.0 Å². The molecule has 3 rings (SSSR count). The number of nitrogens with zero attached hydrogens (tertiary/aromatic N) is 3. The fraction of sp³-hybridized carbons (Fsp3) is 0.217. The second kappa shape index (κ2) is 8.62. The molecule has 1 heterocycles. The van der Waals surface area contributed by atoms with Crippen LogP contribution in [0.25, 0.3) is 5.57 Å². The summed E-state index contributed by atoms with van der Waals surface area (Å²) in [6.45, 7) is 4.21. The summed E-state index contributed by atoms with van der Waals surface area (Å²) in [4.78, 5) is 3.78. The molecule has 1 aliphatic heterocycles. The van der Waals surface area contributed by atoms with Crippen molar-refractivity contribution in [3.63, 3.8) is 0 Å². The van der Waals surface area contributed by atoms with Crippen LogP contribution in [0, 0.1) is 33.5 Å². The third kappa shape index (κ3) is 3.80. The lowest BCUT2D eigenvalue weighted by atomic mass is 10.0. The van der Waals surface area contributed by atoms with Gasteiger partial charge in [0.1, 0.15) is 11.7 Å². The first-order valence-corrected chi connectivity index (χ1v) is 9.65. The van der Waals surface area contributed by atoms with Crippen molar-refractivity contribution >= 4 is 40.5 Å². The fourth-order valence-corrected chi connectivity index (χ4v) is 3.60. The summed E-state index contributed by atoms with van der Waals surface area (Å²) < 4.78 is 0. The van der Waals surface area contributed by atoms with E-state index in [1.165, 1.54) is 6.21 Å². The molecule has 4 N–H and O–H groups in total. The highest BCUT2D eigenvalue weighted by atomic mass is 15.3. The van der Waals surface area contributed by atoms with Crippen molar-refractivity contribution < 1.29 is 0 Å². The third-order valence-corrected chi connectivity index (χ3v) is 5.10. The standard InChI is InChI=1S/C23H25N7/c1-15-14-29(20-7-4-17(11-24)5-8-20)22-10-18(19(12-25)13-28-3)6-9-21(22)30(16(2)26)23(15)27/h4-10,12-13,15,25-28H,14H2,1-3H3/b19-13+,25-12?,26-16?,27-23?. The first-order chi connectivity index (χ1) is 14.4. The van der Waals surface area contributed by atoms with Crippen LogP contribution in [-0.2, 0) is 0 Å². The lowest BCUT2D eigenvalue weighted by Gasteiger charge is -2.28. The van der Waals surface area contributed by atoms with Gasteiger partial charge in [-0.3, -0.25) is 15.7 Å². The molecule has 0 spiro atoms. The predicted molar refractivity (Wildman–Crippen MR) is 123 cm³/mol. The minimum Gasteiger partial charge on any atom is -0.393 e. The van der Waals surface area contributed by atoms with Crippen LogP contribution in [0.4, 0.5) is 17.1 Å². The van der Waals surface area contributed by atoms with Gasteiger partial charge in [-0.15, -0.1) is 0 Å². The molecule has 0 fully saturated rings. The Morgan fingerprint density at radius 1 is 1.20 bits per heavy atom. The number of nitriles is 1. The number of amidine groups is 2. The van der Waals surface area contributed by atoms with Gasteiger partial charge >= 0.3 is 0 Å². The minimum absolute atomic E-state index is 0.119. The highest BCUT2D eigenvalue weighted by Gasteiger charge is 2.31. The first-order valence-electron chi connectivity index (χ1n) is 9.65. The Balaban J connectivity index is 2.25. The maximum Gasteiger partial charge on any atom is 0.111 e.